The van der Waals surface area contributed by atoms with E-state index in [9.17, 15) is 44.7 Å². The van der Waals surface area contributed by atoms with Crippen molar-refractivity contribution in [1.82, 2.24) is 0 Å². The van der Waals surface area contributed by atoms with E-state index in [4.69, 9.17) is 0 Å². The first-order valence-electron chi connectivity index (χ1n) is 8.84. The van der Waals surface area contributed by atoms with Crippen molar-refractivity contribution in [2.75, 3.05) is 0 Å². The van der Waals surface area contributed by atoms with Crippen LogP contribution in [0.5, 0.6) is 0 Å². The fraction of sp³-hybridized carbons (Fsp3) is 0.250. The lowest BCUT2D eigenvalue weighted by Gasteiger charge is -2.20. The molecular weight excluding hydrogens is 454 g/mol. The van der Waals surface area contributed by atoms with Gasteiger partial charge in [0, 0.05) is 17.5 Å². The normalized spacial score (nSPS) is 16.2. The van der Waals surface area contributed by atoms with Crippen LogP contribution in [0.3, 0.4) is 0 Å². The van der Waals surface area contributed by atoms with Crippen molar-refractivity contribution in [3.8, 4) is 0 Å². The van der Waals surface area contributed by atoms with E-state index in [1.54, 1.807) is 0 Å². The summed E-state index contributed by atoms with van der Waals surface area (Å²) in [5.41, 5.74) is -4.37. The number of aliphatic imine (C=N–C) groups is 1. The summed E-state index contributed by atoms with van der Waals surface area (Å²) >= 11 is 0. The summed E-state index contributed by atoms with van der Waals surface area (Å²) in [5, 5.41) is 0. The van der Waals surface area contributed by atoms with Gasteiger partial charge in [-0.15, -0.1) is 0 Å². The molecule has 0 aliphatic carbocycles. The minimum Gasteiger partial charge on any atom is -0.407 e. The number of carbonyl (C=O) groups is 2. The maximum atomic E-state index is 14.3. The van der Waals surface area contributed by atoms with Crippen molar-refractivity contribution in [2.45, 2.75) is 32.2 Å². The fourth-order valence-corrected chi connectivity index (χ4v) is 3.04. The Morgan fingerprint density at radius 2 is 1.62 bits per heavy atom. The first-order chi connectivity index (χ1) is 14.9. The van der Waals surface area contributed by atoms with Crippen molar-refractivity contribution in [1.29, 1.82) is 0 Å². The molecular formula is C20H11F8NO3. The van der Waals surface area contributed by atoms with E-state index >= 15 is 0 Å². The quantitative estimate of drug-likeness (QED) is 0.203. The van der Waals surface area contributed by atoms with E-state index in [0.717, 1.165) is 6.92 Å². The van der Waals surface area contributed by atoms with Gasteiger partial charge >= 0.3 is 5.97 Å². The zero-order valence-corrected chi connectivity index (χ0v) is 15.9. The molecule has 32 heavy (non-hydrogen) atoms. The minimum atomic E-state index is -3.47. The van der Waals surface area contributed by atoms with E-state index < -0.39 is 100 Å². The molecule has 0 saturated carbocycles. The van der Waals surface area contributed by atoms with Crippen molar-refractivity contribution in [3.05, 3.63) is 69.3 Å². The third-order valence-electron chi connectivity index (χ3n) is 4.65. The Balaban J connectivity index is 1.95. The van der Waals surface area contributed by atoms with Crippen molar-refractivity contribution in [2.24, 2.45) is 4.99 Å². The van der Waals surface area contributed by atoms with Gasteiger partial charge in [0.1, 0.15) is 23.0 Å². The van der Waals surface area contributed by atoms with Gasteiger partial charge in [0.25, 0.3) is 6.43 Å². The number of carbonyl (C=O) groups excluding carboxylic acids is 2. The number of hydrogen-bond donors (Lipinski definition) is 0. The van der Waals surface area contributed by atoms with Crippen LogP contribution in [0, 0.1) is 41.8 Å². The highest BCUT2D eigenvalue weighted by Crippen LogP contribution is 2.29. The Bertz CT molecular complexity index is 1110. The van der Waals surface area contributed by atoms with Crippen LogP contribution in [0.25, 0.3) is 0 Å². The molecule has 1 aliphatic heterocycles. The second-order valence-electron chi connectivity index (χ2n) is 6.80. The summed E-state index contributed by atoms with van der Waals surface area (Å²) in [6, 6.07) is -0.611. The minimum absolute atomic E-state index is 0.372. The van der Waals surface area contributed by atoms with Crippen molar-refractivity contribution < 1.29 is 49.4 Å². The van der Waals surface area contributed by atoms with Crippen LogP contribution in [0.4, 0.5) is 35.1 Å². The molecule has 1 unspecified atom stereocenters. The summed E-state index contributed by atoms with van der Waals surface area (Å²) in [7, 11) is 0. The van der Waals surface area contributed by atoms with Crippen LogP contribution in [0.2, 0.25) is 0 Å². The number of benzene rings is 2. The SMILES string of the molecule is Cc1c(F)c(F)c(F)c(C2=NC(CC(=O)c3cc(F)c(C(F)F)c(F)c3)CC(=O)O2)c1F. The predicted octanol–water partition coefficient (Wildman–Crippen LogP) is 5.10. The van der Waals surface area contributed by atoms with Crippen LogP contribution >= 0.6 is 0 Å². The van der Waals surface area contributed by atoms with Crippen LogP contribution in [-0.2, 0) is 9.53 Å². The monoisotopic (exact) mass is 465 g/mol. The number of alkyl halides is 2. The third-order valence-corrected chi connectivity index (χ3v) is 4.65. The Morgan fingerprint density at radius 1 is 1.03 bits per heavy atom. The van der Waals surface area contributed by atoms with Gasteiger partial charge < -0.3 is 4.74 Å². The van der Waals surface area contributed by atoms with Gasteiger partial charge in [-0.1, -0.05) is 0 Å². The number of hydrogen-bond acceptors (Lipinski definition) is 4. The van der Waals surface area contributed by atoms with Crippen LogP contribution in [-0.4, -0.2) is 23.7 Å². The lowest BCUT2D eigenvalue weighted by atomic mass is 9.99. The lowest BCUT2D eigenvalue weighted by molar-refractivity contribution is -0.136. The average Bonchev–Trinajstić information content (AvgIpc) is 2.69. The standard InChI is InChI=1S/C20H11F8NO3/c1-6-15(23)14(17(25)18(26)16(6)24)20-29-8(5-12(31)32-20)4-11(30)7-2-9(21)13(19(27)28)10(22)3-7/h2-3,8,19H,4-5H2,1H3. The summed E-state index contributed by atoms with van der Waals surface area (Å²) < 4.78 is 113. The van der Waals surface area contributed by atoms with E-state index in [1.807, 2.05) is 0 Å². The molecule has 0 amide bonds. The van der Waals surface area contributed by atoms with E-state index in [2.05, 4.69) is 9.73 Å². The number of esters is 1. The Hall–Kier alpha value is -3.31. The number of cyclic esters (lactones) is 1. The molecule has 1 aliphatic rings. The van der Waals surface area contributed by atoms with Gasteiger partial charge in [0.05, 0.1) is 18.0 Å². The second-order valence-corrected chi connectivity index (χ2v) is 6.80. The highest BCUT2D eigenvalue weighted by atomic mass is 19.3. The molecule has 4 nitrogen and oxygen atoms in total. The number of ether oxygens (including phenoxy) is 1. The molecule has 3 rings (SSSR count). The van der Waals surface area contributed by atoms with Gasteiger partial charge in [-0.25, -0.2) is 40.1 Å². The number of Topliss-reactive ketones (excluding diaryl/α,β-unsaturated/α-hetero) is 1. The third kappa shape index (κ3) is 4.21. The van der Waals surface area contributed by atoms with E-state index in [1.165, 1.54) is 0 Å². The molecule has 0 N–H and O–H groups in total. The van der Waals surface area contributed by atoms with Crippen LogP contribution in [0.15, 0.2) is 17.1 Å². The Kier molecular flexibility index (Phi) is 6.33. The molecule has 0 spiro atoms. The first kappa shape index (κ1) is 23.4. The number of rotatable bonds is 5. The summed E-state index contributed by atoms with van der Waals surface area (Å²) in [5.74, 6) is -14.0. The molecule has 12 heteroatoms. The molecule has 2 aromatic rings. The number of halogens is 8. The summed E-state index contributed by atoms with van der Waals surface area (Å²) in [6.07, 6.45) is -4.80. The maximum Gasteiger partial charge on any atom is 0.314 e. The van der Waals surface area contributed by atoms with Gasteiger partial charge in [0.2, 0.25) is 5.90 Å². The molecule has 0 fully saturated rings. The van der Waals surface area contributed by atoms with Crippen LogP contribution in [0.1, 0.15) is 46.3 Å². The maximum absolute atomic E-state index is 14.3. The van der Waals surface area contributed by atoms with E-state index in [0.29, 0.717) is 12.1 Å². The van der Waals surface area contributed by atoms with Gasteiger partial charge in [-0.2, -0.15) is 0 Å². The lowest BCUT2D eigenvalue weighted by Crippen LogP contribution is -2.30. The van der Waals surface area contributed by atoms with Gasteiger partial charge in [-0.05, 0) is 19.1 Å². The zero-order valence-electron chi connectivity index (χ0n) is 15.9. The summed E-state index contributed by atoms with van der Waals surface area (Å²) in [4.78, 5) is 27.8. The number of nitrogens with zero attached hydrogens (tertiary/aromatic N) is 1. The molecule has 0 aromatic heterocycles. The molecule has 170 valence electrons. The molecule has 0 radical (unpaired) electrons. The van der Waals surface area contributed by atoms with Crippen molar-refractivity contribution in [3.63, 3.8) is 0 Å². The highest BCUT2D eigenvalue weighted by Gasteiger charge is 2.33. The topological polar surface area (TPSA) is 55.7 Å². The first-order valence-corrected chi connectivity index (χ1v) is 8.84. The van der Waals surface area contributed by atoms with Crippen LogP contribution < -0.4 is 0 Å². The highest BCUT2D eigenvalue weighted by molar-refractivity contribution is 6.03. The average molecular weight is 465 g/mol. The predicted molar refractivity (Wildman–Crippen MR) is 92.3 cm³/mol. The van der Waals surface area contributed by atoms with Gasteiger partial charge in [-0.3, -0.25) is 9.59 Å². The van der Waals surface area contributed by atoms with E-state index in [-0.39, 0.29) is 0 Å². The molecule has 0 bridgehead atoms. The van der Waals surface area contributed by atoms with Gasteiger partial charge in [0.15, 0.2) is 23.2 Å². The number of ketones is 1. The fourth-order valence-electron chi connectivity index (χ4n) is 3.04. The molecule has 1 heterocycles. The summed E-state index contributed by atoms with van der Waals surface area (Å²) in [6.45, 7) is 0.801. The molecule has 2 aromatic carbocycles. The molecule has 0 saturated heterocycles. The Labute approximate surface area is 174 Å². The smallest absolute Gasteiger partial charge is 0.314 e. The molecule has 1 atom stereocenters. The van der Waals surface area contributed by atoms with Crippen molar-refractivity contribution >= 4 is 17.7 Å². The Morgan fingerprint density at radius 3 is 2.19 bits per heavy atom. The largest absolute Gasteiger partial charge is 0.407 e. The zero-order chi connectivity index (χ0) is 23.9. The second kappa shape index (κ2) is 8.67.